The van der Waals surface area contributed by atoms with Crippen molar-refractivity contribution in [2.45, 2.75) is 101 Å². The van der Waals surface area contributed by atoms with Crippen LogP contribution in [0.1, 0.15) is 107 Å². The van der Waals surface area contributed by atoms with Gasteiger partial charge >= 0.3 is 11.9 Å². The van der Waals surface area contributed by atoms with Gasteiger partial charge in [-0.3, -0.25) is 0 Å². The molecule has 4 aromatic carbocycles. The summed E-state index contributed by atoms with van der Waals surface area (Å²) in [5.41, 5.74) is 7.67. The van der Waals surface area contributed by atoms with Gasteiger partial charge in [0.1, 0.15) is 22.9 Å². The summed E-state index contributed by atoms with van der Waals surface area (Å²) in [5, 5.41) is 15.5. The quantitative estimate of drug-likeness (QED) is 0.108. The Kier molecular flexibility index (Phi) is 15.5. The topological polar surface area (TPSA) is 164 Å². The number of nitrogens with one attached hydrogen (secondary N) is 1. The van der Waals surface area contributed by atoms with Crippen molar-refractivity contribution in [2.75, 3.05) is 32.2 Å². The first-order chi connectivity index (χ1) is 37.4. The molecule has 4 aliphatic carbocycles. The normalized spacial score (nSPS) is 22.1. The van der Waals surface area contributed by atoms with Crippen molar-refractivity contribution in [1.82, 2.24) is 25.6 Å². The maximum absolute atomic E-state index is 12.0. The zero-order chi connectivity index (χ0) is 53.1. The van der Waals surface area contributed by atoms with E-state index in [-0.39, 0.29) is 30.2 Å². The number of esters is 2. The number of methoxy groups -OCH3 is 2. The molecule has 14 nitrogen and oxygen atoms in total. The Morgan fingerprint density at radius 2 is 1.19 bits per heavy atom. The van der Waals surface area contributed by atoms with Crippen LogP contribution in [0.2, 0.25) is 20.1 Å². The maximum Gasteiger partial charge on any atom is 0.337 e. The lowest BCUT2D eigenvalue weighted by Gasteiger charge is -2.33. The lowest BCUT2D eigenvalue weighted by molar-refractivity contribution is 0.0186. The number of fused-ring (bicyclic) bond motifs is 6. The van der Waals surface area contributed by atoms with Gasteiger partial charge in [-0.25, -0.2) is 19.6 Å². The summed E-state index contributed by atoms with van der Waals surface area (Å²) >= 11 is 32.3. The third-order valence-corrected chi connectivity index (χ3v) is 19.1. The Morgan fingerprint density at radius 1 is 0.675 bits per heavy atom. The van der Waals surface area contributed by atoms with Gasteiger partial charge in [0.25, 0.3) is 0 Å². The van der Waals surface area contributed by atoms with Crippen molar-refractivity contribution in [3.8, 4) is 22.5 Å². The predicted molar refractivity (Wildman–Crippen MR) is 303 cm³/mol. The molecular formula is C56H51BrCl4N6O8S2. The minimum atomic E-state index is -0.340. The summed E-state index contributed by atoms with van der Waals surface area (Å²) in [6.07, 6.45) is 9.29. The van der Waals surface area contributed by atoms with E-state index in [1.807, 2.05) is 54.6 Å². The van der Waals surface area contributed by atoms with E-state index < -0.39 is 0 Å². The molecule has 4 bridgehead atoms. The van der Waals surface area contributed by atoms with Gasteiger partial charge in [0.05, 0.1) is 97.3 Å². The molecule has 1 N–H and O–H groups in total. The van der Waals surface area contributed by atoms with Gasteiger partial charge in [-0.15, -0.1) is 11.3 Å². The van der Waals surface area contributed by atoms with Crippen LogP contribution in [0.4, 0.5) is 5.13 Å². The number of nitrogens with zero attached hydrogens (tertiary/aromatic N) is 5. The first-order valence-electron chi connectivity index (χ1n) is 25.6. The van der Waals surface area contributed by atoms with Crippen LogP contribution in [0.5, 0.6) is 0 Å². The second-order valence-corrected chi connectivity index (χ2v) is 25.4. The highest BCUT2D eigenvalue weighted by atomic mass is 79.9. The molecule has 8 aromatic rings. The Labute approximate surface area is 480 Å². The van der Waals surface area contributed by atoms with Gasteiger partial charge in [0, 0.05) is 46.7 Å². The molecule has 21 heteroatoms. The Bertz CT molecular complexity index is 3490. The Morgan fingerprint density at radius 3 is 1.69 bits per heavy atom. The standard InChI is InChI=1S/C28H25Cl2N3O4S.C19H20Cl2N2O2.C9H6BrNO2S/c1-35-27(34)16-7-8-20-23(11-16)38-28(31-20)33-12-14-9-21(33)22(10-14)36-13-17-25(32-37-26(17)15-5-6-15)24-18(29)3-2-4-19(24)30;20-13-2-1-3-14(21)17(13)18-12(19(25-23-18)11-4-5-11)9-24-16-7-10-6-15(16)22-8-10;1-13-8(12)5-2-3-6-7(4-5)14-9(10)11-6/h2-4,7-8,11,14-15,21-22H,5-6,9-10,12-13H2,1H3;1-3,10-11,15-16,22H,4-9H2;2-4H,1H3. The number of carbonyl (C=O) groups excluding carboxylic acids is 2. The van der Waals surface area contributed by atoms with Gasteiger partial charge < -0.3 is 38.2 Å². The van der Waals surface area contributed by atoms with Crippen molar-refractivity contribution in [1.29, 1.82) is 0 Å². The van der Waals surface area contributed by atoms with Crippen LogP contribution in [-0.4, -0.2) is 83.8 Å². The zero-order valence-corrected chi connectivity index (χ0v) is 48.0. The highest BCUT2D eigenvalue weighted by Gasteiger charge is 2.47. The summed E-state index contributed by atoms with van der Waals surface area (Å²) < 4.78 is 36.7. The van der Waals surface area contributed by atoms with Gasteiger partial charge in [-0.2, -0.15) is 0 Å². The zero-order valence-electron chi connectivity index (χ0n) is 41.7. The Balaban J connectivity index is 0.000000130. The summed E-state index contributed by atoms with van der Waals surface area (Å²) in [6, 6.07) is 22.5. The second-order valence-electron chi connectivity index (χ2n) is 20.4. The lowest BCUT2D eigenvalue weighted by atomic mass is 10.0. The lowest BCUT2D eigenvalue weighted by Crippen LogP contribution is -2.42. The van der Waals surface area contributed by atoms with E-state index in [4.69, 9.17) is 74.6 Å². The molecule has 6 fully saturated rings. The molecule has 6 unspecified atom stereocenters. The number of piperidine rings is 2. The summed E-state index contributed by atoms with van der Waals surface area (Å²) in [4.78, 5) is 34.7. The van der Waals surface area contributed by atoms with Crippen LogP contribution in [-0.2, 0) is 32.2 Å². The molecule has 0 amide bonds. The third kappa shape index (κ3) is 11.0. The van der Waals surface area contributed by atoms with Gasteiger partial charge in [0.15, 0.2) is 9.05 Å². The molecule has 0 radical (unpaired) electrons. The summed E-state index contributed by atoms with van der Waals surface area (Å²) in [5.74, 6) is 3.34. The number of halogens is 5. The smallest absolute Gasteiger partial charge is 0.337 e. The van der Waals surface area contributed by atoms with E-state index in [0.717, 1.165) is 127 Å². The minimum Gasteiger partial charge on any atom is -0.465 e. The molecular weight excluding hydrogens is 1170 g/mol. The fourth-order valence-electron chi connectivity index (χ4n) is 11.2. The van der Waals surface area contributed by atoms with Crippen molar-refractivity contribution < 1.29 is 37.6 Å². The molecule has 4 aromatic heterocycles. The van der Waals surface area contributed by atoms with E-state index >= 15 is 0 Å². The predicted octanol–water partition coefficient (Wildman–Crippen LogP) is 14.7. The highest BCUT2D eigenvalue weighted by molar-refractivity contribution is 9.11. The van der Waals surface area contributed by atoms with Crippen LogP contribution in [0.15, 0.2) is 85.8 Å². The maximum atomic E-state index is 12.0. The Hall–Kier alpha value is -4.66. The molecule has 4 saturated carbocycles. The number of hydrogen-bond acceptors (Lipinski definition) is 16. The molecule has 14 rings (SSSR count). The van der Waals surface area contributed by atoms with Crippen LogP contribution in [0.25, 0.3) is 42.9 Å². The monoisotopic (exact) mass is 1220 g/mol. The highest BCUT2D eigenvalue weighted by Crippen LogP contribution is 2.49. The average molecular weight is 1220 g/mol. The number of ether oxygens (including phenoxy) is 4. The van der Waals surface area contributed by atoms with Crippen LogP contribution < -0.4 is 10.2 Å². The molecule has 6 aliphatic rings. The van der Waals surface area contributed by atoms with Crippen molar-refractivity contribution in [3.05, 3.63) is 131 Å². The van der Waals surface area contributed by atoms with Gasteiger partial charge in [-0.05, 0) is 146 Å². The molecule has 0 spiro atoms. The molecule has 6 atom stereocenters. The largest absolute Gasteiger partial charge is 0.465 e. The van der Waals surface area contributed by atoms with E-state index in [9.17, 15) is 9.59 Å². The van der Waals surface area contributed by atoms with E-state index in [2.05, 4.69) is 46.2 Å². The summed E-state index contributed by atoms with van der Waals surface area (Å²) in [7, 11) is 2.76. The third-order valence-electron chi connectivity index (χ3n) is 15.3. The summed E-state index contributed by atoms with van der Waals surface area (Å²) in [6.45, 7) is 3.00. The number of anilines is 1. The molecule has 400 valence electrons. The van der Waals surface area contributed by atoms with Crippen LogP contribution >= 0.6 is 85.0 Å². The average Bonchev–Trinajstić information content (AvgIpc) is 3.82. The number of benzene rings is 4. The van der Waals surface area contributed by atoms with E-state index in [1.165, 1.54) is 32.0 Å². The molecule has 2 saturated heterocycles. The number of aromatic nitrogens is 4. The van der Waals surface area contributed by atoms with Crippen molar-refractivity contribution in [3.63, 3.8) is 0 Å². The molecule has 2 aliphatic heterocycles. The van der Waals surface area contributed by atoms with Gasteiger partial charge in [0.2, 0.25) is 0 Å². The van der Waals surface area contributed by atoms with Crippen LogP contribution in [0, 0.1) is 11.8 Å². The molecule has 6 heterocycles. The number of thiazole rings is 2. The van der Waals surface area contributed by atoms with E-state index in [1.54, 1.807) is 29.5 Å². The van der Waals surface area contributed by atoms with Crippen LogP contribution in [0.3, 0.4) is 0 Å². The van der Waals surface area contributed by atoms with E-state index in [0.29, 0.717) is 79.5 Å². The van der Waals surface area contributed by atoms with Crippen molar-refractivity contribution in [2.24, 2.45) is 11.8 Å². The first kappa shape index (κ1) is 53.0. The fraction of sp³-hybridized carbons (Fsp3) is 0.393. The number of carbonyl (C=O) groups is 2. The SMILES string of the molecule is COC(=O)c1ccc2nc(Br)sc2c1.COC(=O)c1ccc2nc(N3CC4CC(OCc5c(-c6c(Cl)cccc6Cl)noc5C5CC5)C3C4)sc2c1.Clc1cccc(Cl)c1-c1noc(C2CC2)c1COC1CC2CNC1C2. The first-order valence-corrected chi connectivity index (χ1v) is 29.6. The van der Waals surface area contributed by atoms with Crippen molar-refractivity contribution >= 4 is 123 Å². The number of rotatable bonds is 13. The van der Waals surface area contributed by atoms with Gasteiger partial charge in [-0.1, -0.05) is 80.2 Å². The fourth-order valence-corrected chi connectivity index (χ4v) is 14.9. The molecule has 77 heavy (non-hydrogen) atoms. The second kappa shape index (κ2) is 22.5. The number of hydrogen-bond donors (Lipinski definition) is 1. The minimum absolute atomic E-state index is 0.0721.